The highest BCUT2D eigenvalue weighted by molar-refractivity contribution is 5.70. The van der Waals surface area contributed by atoms with Gasteiger partial charge in [-0.3, -0.25) is 0 Å². The number of aliphatic carboxylic acids is 8. The highest BCUT2D eigenvalue weighted by Gasteiger charge is 2.55. The molecule has 2 saturated heterocycles. The fraction of sp³-hybridized carbons (Fsp3) is 0.714. The Morgan fingerprint density at radius 2 is 0.636 bits per heavy atom. The van der Waals surface area contributed by atoms with E-state index in [-0.39, 0.29) is 0 Å². The second-order valence-electron chi connectivity index (χ2n) is 11.1. The van der Waals surface area contributed by atoms with Crippen molar-refractivity contribution in [2.45, 2.75) is 61.4 Å². The molecule has 55 heavy (non-hydrogen) atoms. The van der Waals surface area contributed by atoms with Crippen molar-refractivity contribution in [3.63, 3.8) is 0 Å². The first kappa shape index (κ1) is 46.5. The van der Waals surface area contributed by atoms with Crippen LogP contribution >= 0.6 is 0 Å². The minimum absolute atomic E-state index is 0.782. The van der Waals surface area contributed by atoms with Gasteiger partial charge in [-0.25, -0.2) is 38.4 Å². The van der Waals surface area contributed by atoms with Gasteiger partial charge in [0.2, 0.25) is 0 Å². The molecule has 2 rings (SSSR count). The van der Waals surface area contributed by atoms with E-state index in [0.29, 0.717) is 0 Å². The monoisotopic (exact) mass is 806 g/mol. The van der Waals surface area contributed by atoms with E-state index >= 15 is 0 Å². The maximum Gasteiger partial charge on any atom is 0.329 e. The molecule has 0 saturated carbocycles. The summed E-state index contributed by atoms with van der Waals surface area (Å²) in [6, 6.07) is 0. The average molecular weight is 807 g/mol. The van der Waals surface area contributed by atoms with Crippen molar-refractivity contribution in [2.75, 3.05) is 66.1 Å². The van der Waals surface area contributed by atoms with Crippen molar-refractivity contribution in [2.24, 2.45) is 0 Å². The molecule has 0 radical (unpaired) electrons. The molecule has 27 heteroatoms. The van der Waals surface area contributed by atoms with E-state index in [1.165, 1.54) is 0 Å². The lowest BCUT2D eigenvalue weighted by molar-refractivity contribution is -0.372. The summed E-state index contributed by atoms with van der Waals surface area (Å²) in [6.07, 6.45) is -18.7. The second kappa shape index (κ2) is 23.3. The van der Waals surface area contributed by atoms with Crippen molar-refractivity contribution in [3.05, 3.63) is 0 Å². The molecule has 27 nitrogen and oxygen atoms in total. The molecule has 2 heterocycles. The molecule has 0 aromatic carbocycles. The van der Waals surface area contributed by atoms with Crippen LogP contribution in [-0.4, -0.2) is 216 Å². The van der Waals surface area contributed by atoms with Crippen molar-refractivity contribution in [3.8, 4) is 0 Å². The van der Waals surface area contributed by atoms with E-state index in [0.717, 1.165) is 0 Å². The Hall–Kier alpha value is -4.68. The quantitative estimate of drug-likeness (QED) is 0.0369. The molecule has 10 atom stereocenters. The third-order valence-electron chi connectivity index (χ3n) is 6.86. The van der Waals surface area contributed by atoms with Crippen LogP contribution in [0.2, 0.25) is 0 Å². The number of hydrogen-bond donors (Lipinski definition) is 8. The van der Waals surface area contributed by atoms with E-state index in [1.807, 2.05) is 0 Å². The van der Waals surface area contributed by atoms with Gasteiger partial charge in [0.25, 0.3) is 0 Å². The zero-order valence-corrected chi connectivity index (χ0v) is 28.2. The van der Waals surface area contributed by atoms with Crippen LogP contribution in [0.3, 0.4) is 0 Å². The van der Waals surface area contributed by atoms with Crippen molar-refractivity contribution < 1.29 is 131 Å². The number of carbonyl (C=O) groups is 8. The zero-order valence-electron chi connectivity index (χ0n) is 28.2. The van der Waals surface area contributed by atoms with Crippen LogP contribution in [0, 0.1) is 0 Å². The van der Waals surface area contributed by atoms with Crippen molar-refractivity contribution in [1.29, 1.82) is 0 Å². The summed E-state index contributed by atoms with van der Waals surface area (Å²) in [6.45, 7) is -10.5. The highest BCUT2D eigenvalue weighted by Crippen LogP contribution is 2.35. The van der Waals surface area contributed by atoms with E-state index in [2.05, 4.69) is 0 Å². The summed E-state index contributed by atoms with van der Waals surface area (Å²) in [7, 11) is 0. The zero-order chi connectivity index (χ0) is 41.2. The van der Waals surface area contributed by atoms with Gasteiger partial charge in [0.05, 0.1) is 13.2 Å². The molecule has 8 N–H and O–H groups in total. The maximum atomic E-state index is 11.6. The molecule has 0 aromatic heterocycles. The first-order valence-electron chi connectivity index (χ1n) is 15.4. The molecule has 312 valence electrons. The number of ether oxygens (including phenoxy) is 11. The van der Waals surface area contributed by atoms with Crippen LogP contribution in [0.25, 0.3) is 0 Å². The molecular weight excluding hydrogens is 768 g/mol. The lowest BCUT2D eigenvalue weighted by Gasteiger charge is -2.49. The van der Waals surface area contributed by atoms with E-state index < -0.39 is 175 Å². The van der Waals surface area contributed by atoms with Gasteiger partial charge in [0, 0.05) is 0 Å². The van der Waals surface area contributed by atoms with Crippen LogP contribution < -0.4 is 0 Å². The maximum absolute atomic E-state index is 11.6. The Balaban J connectivity index is 2.77. The predicted molar refractivity (Wildman–Crippen MR) is 160 cm³/mol. The Bertz CT molecular complexity index is 1340. The number of carboxylic acid groups (broad SMARTS) is 8. The smallest absolute Gasteiger partial charge is 0.329 e. The number of rotatable bonds is 28. The molecule has 0 aromatic rings. The second-order valence-corrected chi connectivity index (χ2v) is 11.1. The molecular formula is C28H38O27. The largest absolute Gasteiger partial charge is 0.480 e. The van der Waals surface area contributed by atoms with Gasteiger partial charge < -0.3 is 93.0 Å². The topological polar surface area (TPSA) is 400 Å². The van der Waals surface area contributed by atoms with Gasteiger partial charge in [-0.05, 0) is 0 Å². The van der Waals surface area contributed by atoms with Crippen LogP contribution in [0.5, 0.6) is 0 Å². The van der Waals surface area contributed by atoms with Crippen LogP contribution in [0.15, 0.2) is 0 Å². The van der Waals surface area contributed by atoms with Crippen LogP contribution in [0.1, 0.15) is 0 Å². The van der Waals surface area contributed by atoms with Crippen molar-refractivity contribution in [1.82, 2.24) is 0 Å². The first-order chi connectivity index (χ1) is 25.9. The number of hydrogen-bond acceptors (Lipinski definition) is 19. The van der Waals surface area contributed by atoms with E-state index in [1.54, 1.807) is 0 Å². The summed E-state index contributed by atoms with van der Waals surface area (Å²) < 4.78 is 60.2. The Kier molecular flexibility index (Phi) is 19.7. The van der Waals surface area contributed by atoms with Crippen LogP contribution in [0.4, 0.5) is 0 Å². The summed E-state index contributed by atoms with van der Waals surface area (Å²) in [5.41, 5.74) is 0. The Morgan fingerprint density at radius 3 is 1.04 bits per heavy atom. The SMILES string of the molecule is O=C(O)COCC1O[C@@H](O[C@@H]2C(COCC(=O)O)OC(OCC(=O)O)C(OCC(=O)O)C2OCC(=O)O)C(OCC(=O)O)C(OCC(=O)O)C1OCC(=O)O. The lowest BCUT2D eigenvalue weighted by Crippen LogP contribution is -2.67. The van der Waals surface area contributed by atoms with E-state index in [4.69, 9.17) is 62.3 Å². The summed E-state index contributed by atoms with van der Waals surface area (Å²) in [5.74, 6) is -12.6. The molecule has 2 fully saturated rings. The standard InChI is InChI=1S/C28H38O27/c29-13(30)3-45-1-11-21(47-5-15(33)34)23(48-6-16(35)36)26(51-9-19(41)42)28(54-11)55-22-12(2-46-4-14(31)32)53-27(52-10-20(43)44)25(50-8-18(39)40)24(22)49-7-17(37)38/h11-12,21-28H,1-10H2,(H,29,30)(H,31,32)(H,33,34)(H,35,36)(H,37,38)(H,39,40)(H,41,42)(H,43,44)/t11?,12?,21?,22-,23?,24?,25?,26?,27?,28+/m1/s1. The Morgan fingerprint density at radius 1 is 0.345 bits per heavy atom. The fourth-order valence-electron chi connectivity index (χ4n) is 5.04. The summed E-state index contributed by atoms with van der Waals surface area (Å²) in [5, 5.41) is 74.3. The fourth-order valence-corrected chi connectivity index (χ4v) is 5.04. The van der Waals surface area contributed by atoms with Crippen molar-refractivity contribution >= 4 is 47.8 Å². The lowest BCUT2D eigenvalue weighted by atomic mass is 9.96. The highest BCUT2D eigenvalue weighted by atomic mass is 16.8. The molecule has 0 spiro atoms. The first-order valence-corrected chi connectivity index (χ1v) is 15.4. The summed E-state index contributed by atoms with van der Waals surface area (Å²) in [4.78, 5) is 91.5. The van der Waals surface area contributed by atoms with E-state index in [9.17, 15) is 69.0 Å². The average Bonchev–Trinajstić information content (AvgIpc) is 3.07. The van der Waals surface area contributed by atoms with Gasteiger partial charge in [-0.1, -0.05) is 0 Å². The molecule has 0 bridgehead atoms. The van der Waals surface area contributed by atoms with Crippen LogP contribution in [-0.2, 0) is 90.5 Å². The van der Waals surface area contributed by atoms with Gasteiger partial charge in [-0.2, -0.15) is 0 Å². The third kappa shape index (κ3) is 16.7. The van der Waals surface area contributed by atoms with Gasteiger partial charge in [-0.15, -0.1) is 0 Å². The normalized spacial score (nSPS) is 27.9. The molecule has 8 unspecified atom stereocenters. The molecule has 2 aliphatic rings. The molecule has 0 aliphatic carbocycles. The van der Waals surface area contributed by atoms with Gasteiger partial charge >= 0.3 is 47.8 Å². The Labute approximate surface area is 306 Å². The molecule has 2 aliphatic heterocycles. The molecule has 0 amide bonds. The van der Waals surface area contributed by atoms with Gasteiger partial charge in [0.1, 0.15) is 102 Å². The number of carboxylic acids is 8. The minimum Gasteiger partial charge on any atom is -0.480 e. The summed E-state index contributed by atoms with van der Waals surface area (Å²) >= 11 is 0. The minimum atomic E-state index is -2.09. The third-order valence-corrected chi connectivity index (χ3v) is 6.86. The van der Waals surface area contributed by atoms with Gasteiger partial charge in [0.15, 0.2) is 12.6 Å². The predicted octanol–water partition coefficient (Wildman–Crippen LogP) is -4.53.